The van der Waals surface area contributed by atoms with Crippen LogP contribution >= 0.6 is 0 Å². The minimum atomic E-state index is -3.94. The molecular formula is C15H22N2O6S. The summed E-state index contributed by atoms with van der Waals surface area (Å²) in [7, 11) is -2.82. The Labute approximate surface area is 141 Å². The Morgan fingerprint density at radius 2 is 1.75 bits per heavy atom. The van der Waals surface area contributed by atoms with E-state index in [1.165, 1.54) is 12.1 Å². The number of carbonyl (C=O) groups is 2. The summed E-state index contributed by atoms with van der Waals surface area (Å²) in [4.78, 5) is 23.4. The number of rotatable bonds is 6. The third-order valence-corrected chi connectivity index (χ3v) is 4.17. The summed E-state index contributed by atoms with van der Waals surface area (Å²) in [6.07, 6.45) is -0.768. The maximum absolute atomic E-state index is 12.3. The molecule has 0 unspecified atom stereocenters. The van der Waals surface area contributed by atoms with Crippen molar-refractivity contribution in [2.75, 3.05) is 13.7 Å². The monoisotopic (exact) mass is 358 g/mol. The molecule has 0 bridgehead atoms. The van der Waals surface area contributed by atoms with Crippen LogP contribution in [0, 0.1) is 0 Å². The number of hydrogen-bond acceptors (Lipinski definition) is 6. The van der Waals surface area contributed by atoms with Crippen molar-refractivity contribution in [3.8, 4) is 0 Å². The Balaban J connectivity index is 2.80. The fourth-order valence-corrected chi connectivity index (χ4v) is 2.88. The molecule has 0 aliphatic heterocycles. The molecule has 2 N–H and O–H groups in total. The first-order valence-electron chi connectivity index (χ1n) is 7.17. The van der Waals surface area contributed by atoms with E-state index in [-0.39, 0.29) is 11.4 Å². The molecular weight excluding hydrogens is 336 g/mol. The van der Waals surface area contributed by atoms with E-state index in [2.05, 4.69) is 14.8 Å². The first-order chi connectivity index (χ1) is 11.0. The fraction of sp³-hybridized carbons (Fsp3) is 0.467. The summed E-state index contributed by atoms with van der Waals surface area (Å²) in [6, 6.07) is 6.27. The van der Waals surface area contributed by atoms with Crippen LogP contribution in [0.25, 0.3) is 0 Å². The molecule has 1 rings (SSSR count). The lowest BCUT2D eigenvalue weighted by atomic mass is 10.2. The zero-order valence-corrected chi connectivity index (χ0v) is 14.8. The van der Waals surface area contributed by atoms with Gasteiger partial charge in [-0.1, -0.05) is 18.2 Å². The van der Waals surface area contributed by atoms with Crippen molar-refractivity contribution in [3.63, 3.8) is 0 Å². The molecule has 9 heteroatoms. The van der Waals surface area contributed by atoms with Crippen molar-refractivity contribution >= 4 is 22.1 Å². The van der Waals surface area contributed by atoms with Gasteiger partial charge in [0, 0.05) is 6.54 Å². The lowest BCUT2D eigenvalue weighted by Crippen LogP contribution is -2.49. The number of carbonyl (C=O) groups excluding carboxylic acids is 2. The van der Waals surface area contributed by atoms with Crippen LogP contribution in [0.2, 0.25) is 0 Å². The van der Waals surface area contributed by atoms with Crippen molar-refractivity contribution in [1.82, 2.24) is 10.0 Å². The lowest BCUT2D eigenvalue weighted by Gasteiger charge is -2.21. The Hall–Kier alpha value is -2.13. The molecule has 1 aromatic rings. The highest BCUT2D eigenvalue weighted by atomic mass is 32.2. The first kappa shape index (κ1) is 19.9. The van der Waals surface area contributed by atoms with Crippen LogP contribution in [0.3, 0.4) is 0 Å². The van der Waals surface area contributed by atoms with E-state index in [0.717, 1.165) is 7.11 Å². The molecule has 24 heavy (non-hydrogen) atoms. The number of sulfonamides is 1. The third-order valence-electron chi connectivity index (χ3n) is 2.69. The van der Waals surface area contributed by atoms with Crippen LogP contribution in [-0.2, 0) is 24.3 Å². The predicted molar refractivity (Wildman–Crippen MR) is 86.8 cm³/mol. The molecule has 134 valence electrons. The molecule has 0 aliphatic rings. The minimum absolute atomic E-state index is 0.00355. The van der Waals surface area contributed by atoms with Crippen molar-refractivity contribution < 1.29 is 27.5 Å². The molecule has 1 atom stereocenters. The van der Waals surface area contributed by atoms with Crippen molar-refractivity contribution in [2.24, 2.45) is 0 Å². The number of hydrogen-bond donors (Lipinski definition) is 2. The van der Waals surface area contributed by atoms with E-state index < -0.39 is 33.7 Å². The molecule has 0 radical (unpaired) electrons. The molecule has 0 fully saturated rings. The van der Waals surface area contributed by atoms with Gasteiger partial charge in [-0.05, 0) is 32.9 Å². The van der Waals surface area contributed by atoms with Crippen molar-refractivity contribution in [3.05, 3.63) is 30.3 Å². The van der Waals surface area contributed by atoms with Gasteiger partial charge < -0.3 is 14.8 Å². The Morgan fingerprint density at radius 1 is 1.17 bits per heavy atom. The normalized spacial score (nSPS) is 13.0. The van der Waals surface area contributed by atoms with Gasteiger partial charge >= 0.3 is 12.1 Å². The summed E-state index contributed by atoms with van der Waals surface area (Å²) < 4.78 is 36.4. The van der Waals surface area contributed by atoms with E-state index >= 15 is 0 Å². The minimum Gasteiger partial charge on any atom is -0.468 e. The second kappa shape index (κ2) is 8.11. The molecule has 0 aliphatic carbocycles. The molecule has 1 aromatic carbocycles. The molecule has 0 aromatic heterocycles. The molecule has 1 amide bonds. The van der Waals surface area contributed by atoms with E-state index in [0.29, 0.717) is 0 Å². The second-order valence-corrected chi connectivity index (χ2v) is 7.61. The second-order valence-electron chi connectivity index (χ2n) is 5.89. The average molecular weight is 358 g/mol. The number of methoxy groups -OCH3 is 1. The predicted octanol–water partition coefficient (Wildman–Crippen LogP) is 1.03. The van der Waals surface area contributed by atoms with Crippen molar-refractivity contribution in [1.29, 1.82) is 0 Å². The van der Waals surface area contributed by atoms with Crippen LogP contribution < -0.4 is 10.0 Å². The lowest BCUT2D eigenvalue weighted by molar-refractivity contribution is -0.142. The number of ether oxygens (including phenoxy) is 2. The number of benzene rings is 1. The first-order valence-corrected chi connectivity index (χ1v) is 8.65. The molecule has 0 saturated carbocycles. The number of esters is 1. The summed E-state index contributed by atoms with van der Waals surface area (Å²) in [5, 5.41) is 2.34. The third kappa shape index (κ3) is 6.55. The summed E-state index contributed by atoms with van der Waals surface area (Å²) in [5.74, 6) is -0.828. The van der Waals surface area contributed by atoms with Crippen LogP contribution in [0.1, 0.15) is 20.8 Å². The van der Waals surface area contributed by atoms with Gasteiger partial charge in [-0.3, -0.25) is 4.79 Å². The average Bonchev–Trinajstić information content (AvgIpc) is 2.49. The molecule has 0 heterocycles. The Kier molecular flexibility index (Phi) is 6.73. The summed E-state index contributed by atoms with van der Waals surface area (Å²) in [5.41, 5.74) is -0.714. The van der Waals surface area contributed by atoms with E-state index in [4.69, 9.17) is 4.74 Å². The standard InChI is InChI=1S/C15H22N2O6S/c1-15(2,3)23-14(19)16-10-12(13(18)22-4)17-24(20,21)11-8-6-5-7-9-11/h5-9,12,17H,10H2,1-4H3,(H,16,19)/t12-/m1/s1. The van der Waals surface area contributed by atoms with Gasteiger partial charge in [-0.25, -0.2) is 13.2 Å². The van der Waals surface area contributed by atoms with Gasteiger partial charge in [0.05, 0.1) is 12.0 Å². The topological polar surface area (TPSA) is 111 Å². The van der Waals surface area contributed by atoms with Gasteiger partial charge in [-0.2, -0.15) is 4.72 Å². The van der Waals surface area contributed by atoms with Gasteiger partial charge in [0.1, 0.15) is 11.6 Å². The van der Waals surface area contributed by atoms with E-state index in [1.807, 2.05) is 0 Å². The Bertz CT molecular complexity index is 667. The van der Waals surface area contributed by atoms with Gasteiger partial charge in [0.15, 0.2) is 0 Å². The van der Waals surface area contributed by atoms with E-state index in [1.54, 1.807) is 39.0 Å². The number of alkyl carbamates (subject to hydrolysis) is 1. The zero-order chi connectivity index (χ0) is 18.4. The fourth-order valence-electron chi connectivity index (χ4n) is 1.67. The Morgan fingerprint density at radius 3 is 2.25 bits per heavy atom. The molecule has 8 nitrogen and oxygen atoms in total. The summed E-state index contributed by atoms with van der Waals surface area (Å²) >= 11 is 0. The number of nitrogens with one attached hydrogen (secondary N) is 2. The van der Waals surface area contributed by atoms with Gasteiger partial charge in [0.2, 0.25) is 10.0 Å². The highest BCUT2D eigenvalue weighted by molar-refractivity contribution is 7.89. The maximum Gasteiger partial charge on any atom is 0.407 e. The zero-order valence-electron chi connectivity index (χ0n) is 14.0. The van der Waals surface area contributed by atoms with Crippen LogP contribution in [0.15, 0.2) is 35.2 Å². The van der Waals surface area contributed by atoms with E-state index in [9.17, 15) is 18.0 Å². The van der Waals surface area contributed by atoms with Crippen LogP contribution in [0.5, 0.6) is 0 Å². The molecule has 0 spiro atoms. The number of amides is 1. The SMILES string of the molecule is COC(=O)[C@@H](CNC(=O)OC(C)(C)C)NS(=O)(=O)c1ccccc1. The van der Waals surface area contributed by atoms with Crippen LogP contribution in [-0.4, -0.2) is 45.8 Å². The van der Waals surface area contributed by atoms with Gasteiger partial charge in [0.25, 0.3) is 0 Å². The maximum atomic E-state index is 12.3. The van der Waals surface area contributed by atoms with Crippen LogP contribution in [0.4, 0.5) is 4.79 Å². The smallest absolute Gasteiger partial charge is 0.407 e. The largest absolute Gasteiger partial charge is 0.468 e. The highest BCUT2D eigenvalue weighted by Gasteiger charge is 2.27. The van der Waals surface area contributed by atoms with Crippen molar-refractivity contribution in [2.45, 2.75) is 37.3 Å². The highest BCUT2D eigenvalue weighted by Crippen LogP contribution is 2.09. The molecule has 0 saturated heterocycles. The quantitative estimate of drug-likeness (QED) is 0.735. The summed E-state index contributed by atoms with van der Waals surface area (Å²) in [6.45, 7) is 4.74. The van der Waals surface area contributed by atoms with Gasteiger partial charge in [-0.15, -0.1) is 0 Å².